The summed E-state index contributed by atoms with van der Waals surface area (Å²) in [6, 6.07) is 17.2. The molecule has 3 aromatic rings. The summed E-state index contributed by atoms with van der Waals surface area (Å²) in [5.41, 5.74) is 3.05. The number of anilines is 1. The average molecular weight is 321 g/mol. The number of aromatic nitrogens is 4. The second-order valence-corrected chi connectivity index (χ2v) is 5.54. The normalized spacial score (nSPS) is 11.9. The van der Waals surface area contributed by atoms with Gasteiger partial charge in [0.25, 0.3) is 0 Å². The van der Waals surface area contributed by atoms with Crippen molar-refractivity contribution in [2.24, 2.45) is 0 Å². The van der Waals surface area contributed by atoms with Crippen LogP contribution >= 0.6 is 0 Å². The predicted molar refractivity (Wildman–Crippen MR) is 91.4 cm³/mol. The number of hydrogen-bond acceptors (Lipinski definition) is 4. The van der Waals surface area contributed by atoms with Crippen LogP contribution in [0.4, 0.5) is 5.69 Å². The number of nitrogens with one attached hydrogen (secondary N) is 1. The Morgan fingerprint density at radius 3 is 2.46 bits per heavy atom. The zero-order valence-electron chi connectivity index (χ0n) is 13.5. The Balaban J connectivity index is 1.78. The van der Waals surface area contributed by atoms with E-state index in [-0.39, 0.29) is 5.91 Å². The van der Waals surface area contributed by atoms with E-state index in [2.05, 4.69) is 27.8 Å². The Morgan fingerprint density at radius 2 is 1.83 bits per heavy atom. The van der Waals surface area contributed by atoms with E-state index in [4.69, 9.17) is 0 Å². The monoisotopic (exact) mass is 321 g/mol. The Morgan fingerprint density at radius 1 is 1.08 bits per heavy atom. The van der Waals surface area contributed by atoms with Crippen LogP contribution in [0.2, 0.25) is 0 Å². The Bertz CT molecular complexity index is 769. The Hall–Kier alpha value is -3.02. The van der Waals surface area contributed by atoms with Gasteiger partial charge < -0.3 is 5.32 Å². The van der Waals surface area contributed by atoms with Crippen molar-refractivity contribution in [3.8, 4) is 0 Å². The van der Waals surface area contributed by atoms with E-state index < -0.39 is 6.04 Å². The molecule has 0 aliphatic heterocycles. The third-order valence-corrected chi connectivity index (χ3v) is 3.89. The third-order valence-electron chi connectivity index (χ3n) is 3.89. The lowest BCUT2D eigenvalue weighted by molar-refractivity contribution is -0.119. The fourth-order valence-electron chi connectivity index (χ4n) is 2.50. The quantitative estimate of drug-likeness (QED) is 0.757. The van der Waals surface area contributed by atoms with Crippen molar-refractivity contribution < 1.29 is 4.79 Å². The van der Waals surface area contributed by atoms with Gasteiger partial charge in [0, 0.05) is 12.1 Å². The molecule has 3 rings (SSSR count). The van der Waals surface area contributed by atoms with Crippen LogP contribution in [0, 0.1) is 0 Å². The molecule has 0 unspecified atom stereocenters. The molecule has 0 aliphatic rings. The maximum Gasteiger partial charge on any atom is 0.249 e. The summed E-state index contributed by atoms with van der Waals surface area (Å²) < 4.78 is 1.49. The molecule has 1 heterocycles. The lowest BCUT2D eigenvalue weighted by Crippen LogP contribution is -2.28. The van der Waals surface area contributed by atoms with Crippen molar-refractivity contribution in [1.82, 2.24) is 20.2 Å². The van der Waals surface area contributed by atoms with E-state index in [1.807, 2.05) is 54.6 Å². The topological polar surface area (TPSA) is 72.7 Å². The summed E-state index contributed by atoms with van der Waals surface area (Å²) in [6.07, 6.45) is 2.95. The molecule has 0 fully saturated rings. The van der Waals surface area contributed by atoms with Crippen LogP contribution < -0.4 is 5.32 Å². The molecule has 0 saturated heterocycles. The van der Waals surface area contributed by atoms with Crippen LogP contribution in [0.1, 0.15) is 24.1 Å². The van der Waals surface area contributed by atoms with Crippen LogP contribution in [0.25, 0.3) is 0 Å². The number of aryl methyl sites for hydroxylation is 1. The second-order valence-electron chi connectivity index (χ2n) is 5.54. The van der Waals surface area contributed by atoms with Crippen molar-refractivity contribution >= 4 is 11.6 Å². The smallest absolute Gasteiger partial charge is 0.249 e. The van der Waals surface area contributed by atoms with Gasteiger partial charge in [0.1, 0.15) is 12.4 Å². The minimum Gasteiger partial charge on any atom is -0.324 e. The van der Waals surface area contributed by atoms with E-state index in [1.54, 1.807) is 0 Å². The molecular weight excluding hydrogens is 302 g/mol. The zero-order valence-corrected chi connectivity index (χ0v) is 13.5. The summed E-state index contributed by atoms with van der Waals surface area (Å²) in [4.78, 5) is 12.7. The van der Waals surface area contributed by atoms with Crippen molar-refractivity contribution in [1.29, 1.82) is 0 Å². The first-order valence-electron chi connectivity index (χ1n) is 7.92. The number of carbonyl (C=O) groups excluding carboxylic acids is 1. The van der Waals surface area contributed by atoms with Gasteiger partial charge >= 0.3 is 0 Å². The molecule has 24 heavy (non-hydrogen) atoms. The summed E-state index contributed by atoms with van der Waals surface area (Å²) >= 11 is 0. The average Bonchev–Trinajstić information content (AvgIpc) is 3.15. The molecule has 6 nitrogen and oxygen atoms in total. The highest BCUT2D eigenvalue weighted by Gasteiger charge is 2.22. The molecule has 1 atom stereocenters. The highest BCUT2D eigenvalue weighted by molar-refractivity contribution is 5.93. The van der Waals surface area contributed by atoms with Crippen LogP contribution in [0.5, 0.6) is 0 Å². The van der Waals surface area contributed by atoms with E-state index in [1.165, 1.54) is 16.6 Å². The summed E-state index contributed by atoms with van der Waals surface area (Å²) in [5.74, 6) is -0.143. The van der Waals surface area contributed by atoms with E-state index in [9.17, 15) is 4.79 Å². The number of nitrogens with zero attached hydrogens (tertiary/aromatic N) is 4. The Kier molecular flexibility index (Phi) is 4.96. The molecule has 1 amide bonds. The van der Waals surface area contributed by atoms with Gasteiger partial charge in [-0.25, -0.2) is 4.68 Å². The SMILES string of the molecule is CCc1ccc(NC(=O)[C@@H](Cc2ccccc2)n2cnnn2)cc1. The zero-order chi connectivity index (χ0) is 16.8. The number of carbonyl (C=O) groups is 1. The van der Waals surface area contributed by atoms with Gasteiger partial charge in [-0.2, -0.15) is 0 Å². The summed E-state index contributed by atoms with van der Waals surface area (Å²) in [6.45, 7) is 2.10. The lowest BCUT2D eigenvalue weighted by atomic mass is 10.1. The van der Waals surface area contributed by atoms with Crippen molar-refractivity contribution in [2.45, 2.75) is 25.8 Å². The maximum absolute atomic E-state index is 12.7. The van der Waals surface area contributed by atoms with Crippen molar-refractivity contribution in [3.63, 3.8) is 0 Å². The molecular formula is C18H19N5O. The van der Waals surface area contributed by atoms with Gasteiger partial charge in [0.05, 0.1) is 0 Å². The van der Waals surface area contributed by atoms with Gasteiger partial charge in [0.15, 0.2) is 0 Å². The summed E-state index contributed by atoms with van der Waals surface area (Å²) in [5, 5.41) is 14.1. The van der Waals surface area contributed by atoms with Gasteiger partial charge in [0.2, 0.25) is 5.91 Å². The highest BCUT2D eigenvalue weighted by atomic mass is 16.2. The highest BCUT2D eigenvalue weighted by Crippen LogP contribution is 2.17. The second kappa shape index (κ2) is 7.50. The molecule has 2 aromatic carbocycles. The number of hydrogen-bond donors (Lipinski definition) is 1. The molecule has 6 heteroatoms. The van der Waals surface area contributed by atoms with Gasteiger partial charge in [-0.3, -0.25) is 4.79 Å². The fourth-order valence-corrected chi connectivity index (χ4v) is 2.50. The first-order chi connectivity index (χ1) is 11.8. The molecule has 0 aliphatic carbocycles. The number of rotatable bonds is 6. The van der Waals surface area contributed by atoms with Gasteiger partial charge in [-0.1, -0.05) is 49.4 Å². The lowest BCUT2D eigenvalue weighted by Gasteiger charge is -2.16. The minimum atomic E-state index is -0.506. The van der Waals surface area contributed by atoms with Crippen LogP contribution in [-0.4, -0.2) is 26.1 Å². The van der Waals surface area contributed by atoms with Crippen molar-refractivity contribution in [3.05, 3.63) is 72.1 Å². The van der Waals surface area contributed by atoms with Crippen LogP contribution in [0.15, 0.2) is 60.9 Å². The number of amides is 1. The van der Waals surface area contributed by atoms with Gasteiger partial charge in [-0.05, 0) is 40.1 Å². The Labute approximate surface area is 140 Å². The predicted octanol–water partition coefficient (Wildman–Crippen LogP) is 2.66. The van der Waals surface area contributed by atoms with Crippen molar-refractivity contribution in [2.75, 3.05) is 5.32 Å². The molecule has 0 spiro atoms. The van der Waals surface area contributed by atoms with Gasteiger partial charge in [-0.15, -0.1) is 5.10 Å². The maximum atomic E-state index is 12.7. The third kappa shape index (κ3) is 3.84. The summed E-state index contributed by atoms with van der Waals surface area (Å²) in [7, 11) is 0. The molecule has 122 valence electrons. The molecule has 1 aromatic heterocycles. The molecule has 0 saturated carbocycles. The molecule has 1 N–H and O–H groups in total. The number of tetrazole rings is 1. The van der Waals surface area contributed by atoms with Crippen LogP contribution in [-0.2, 0) is 17.6 Å². The number of benzene rings is 2. The van der Waals surface area contributed by atoms with Crippen LogP contribution in [0.3, 0.4) is 0 Å². The van der Waals surface area contributed by atoms with E-state index in [0.717, 1.165) is 17.7 Å². The molecule has 0 radical (unpaired) electrons. The molecule has 0 bridgehead atoms. The fraction of sp³-hybridized carbons (Fsp3) is 0.222. The minimum absolute atomic E-state index is 0.143. The van der Waals surface area contributed by atoms with E-state index in [0.29, 0.717) is 6.42 Å². The standard InChI is InChI=1S/C18H19N5O/c1-2-14-8-10-16(11-9-14)20-18(24)17(23-13-19-21-22-23)12-15-6-4-3-5-7-15/h3-11,13,17H,2,12H2,1H3,(H,20,24)/t17-/m1/s1. The first kappa shape index (κ1) is 15.9. The van der Waals surface area contributed by atoms with E-state index >= 15 is 0 Å². The largest absolute Gasteiger partial charge is 0.324 e. The first-order valence-corrected chi connectivity index (χ1v) is 7.92.